The summed E-state index contributed by atoms with van der Waals surface area (Å²) in [7, 11) is 0. The van der Waals surface area contributed by atoms with Gasteiger partial charge < -0.3 is 15.5 Å². The highest BCUT2D eigenvalue weighted by Crippen LogP contribution is 2.26. The van der Waals surface area contributed by atoms with Crippen LogP contribution in [0.25, 0.3) is 17.7 Å². The molecule has 144 valence electrons. The molecule has 2 heterocycles. The lowest BCUT2D eigenvalue weighted by Gasteiger charge is -2.15. The monoisotopic (exact) mass is 383 g/mol. The molecule has 0 bridgehead atoms. The highest BCUT2D eigenvalue weighted by atomic mass is 16.3. The maximum atomic E-state index is 9.62. The minimum Gasteiger partial charge on any atom is -0.504 e. The van der Waals surface area contributed by atoms with E-state index >= 15 is 0 Å². The molecular weight excluding hydrogens is 362 g/mol. The fourth-order valence-electron chi connectivity index (χ4n) is 3.16. The lowest BCUT2D eigenvalue weighted by Crippen LogP contribution is -2.09. The Balaban J connectivity index is 1.51. The molecule has 5 heteroatoms. The molecular formula is C24H21N3O2. The van der Waals surface area contributed by atoms with Crippen molar-refractivity contribution in [3.8, 4) is 11.5 Å². The summed E-state index contributed by atoms with van der Waals surface area (Å²) in [6, 6.07) is 15.1. The van der Waals surface area contributed by atoms with Crippen molar-refractivity contribution in [3.63, 3.8) is 0 Å². The van der Waals surface area contributed by atoms with Crippen molar-refractivity contribution in [2.45, 2.75) is 6.54 Å². The average Bonchev–Trinajstić information content (AvgIpc) is 2.75. The zero-order chi connectivity index (χ0) is 20.1. The van der Waals surface area contributed by atoms with Gasteiger partial charge in [0.2, 0.25) is 0 Å². The second-order valence-corrected chi connectivity index (χ2v) is 6.80. The van der Waals surface area contributed by atoms with Crippen molar-refractivity contribution in [2.75, 3.05) is 6.54 Å². The van der Waals surface area contributed by atoms with Crippen molar-refractivity contribution in [3.05, 3.63) is 94.9 Å². The molecule has 29 heavy (non-hydrogen) atoms. The van der Waals surface area contributed by atoms with Crippen LogP contribution in [-0.4, -0.2) is 28.0 Å². The summed E-state index contributed by atoms with van der Waals surface area (Å²) in [5.74, 6) is -0.231. The number of aromatic nitrogens is 1. The molecule has 0 aliphatic carbocycles. The van der Waals surface area contributed by atoms with Crippen LogP contribution in [0.2, 0.25) is 0 Å². The standard InChI is InChI=1S/C24H21N3O2/c28-23-6-4-19(12-24(23)29)13-26-15-21-16-27-14-20-5-3-18(11-22(20)21)2-1-17-7-9-25-10-8-17/h1-12,14-15,26,28-29H,13,16H2. The van der Waals surface area contributed by atoms with Crippen LogP contribution < -0.4 is 5.32 Å². The van der Waals surface area contributed by atoms with Crippen LogP contribution in [0.4, 0.5) is 0 Å². The lowest BCUT2D eigenvalue weighted by atomic mass is 9.96. The predicted molar refractivity (Wildman–Crippen MR) is 117 cm³/mol. The Labute approximate surface area is 169 Å². The predicted octanol–water partition coefficient (Wildman–Crippen LogP) is 4.23. The van der Waals surface area contributed by atoms with E-state index in [1.54, 1.807) is 24.5 Å². The Kier molecular flexibility index (Phi) is 5.38. The number of hydrogen-bond acceptors (Lipinski definition) is 5. The van der Waals surface area contributed by atoms with Crippen molar-refractivity contribution < 1.29 is 10.2 Å². The van der Waals surface area contributed by atoms with E-state index in [1.807, 2.05) is 24.5 Å². The van der Waals surface area contributed by atoms with E-state index in [9.17, 15) is 10.2 Å². The number of nitrogens with zero attached hydrogens (tertiary/aromatic N) is 2. The zero-order valence-electron chi connectivity index (χ0n) is 15.8. The molecule has 0 atom stereocenters. The first-order valence-electron chi connectivity index (χ1n) is 9.35. The molecule has 0 saturated carbocycles. The van der Waals surface area contributed by atoms with Crippen LogP contribution in [-0.2, 0) is 6.54 Å². The molecule has 1 aliphatic heterocycles. The van der Waals surface area contributed by atoms with E-state index in [2.05, 4.69) is 45.6 Å². The third-order valence-electron chi connectivity index (χ3n) is 4.71. The van der Waals surface area contributed by atoms with E-state index in [-0.39, 0.29) is 11.5 Å². The Morgan fingerprint density at radius 3 is 2.55 bits per heavy atom. The van der Waals surface area contributed by atoms with Gasteiger partial charge in [0.25, 0.3) is 0 Å². The van der Waals surface area contributed by atoms with Crippen molar-refractivity contribution in [1.29, 1.82) is 0 Å². The first kappa shape index (κ1) is 18.5. The number of phenols is 2. The van der Waals surface area contributed by atoms with E-state index in [0.717, 1.165) is 33.4 Å². The summed E-state index contributed by atoms with van der Waals surface area (Å²) in [5, 5.41) is 22.3. The molecule has 0 radical (unpaired) electrons. The first-order chi connectivity index (χ1) is 14.2. The number of rotatable bonds is 5. The minimum absolute atomic E-state index is 0.116. The zero-order valence-corrected chi connectivity index (χ0v) is 15.8. The molecule has 1 aromatic heterocycles. The molecule has 1 aliphatic rings. The molecule has 0 fully saturated rings. The van der Waals surface area contributed by atoms with E-state index in [1.165, 1.54) is 6.07 Å². The smallest absolute Gasteiger partial charge is 0.157 e. The van der Waals surface area contributed by atoms with Gasteiger partial charge in [0, 0.05) is 31.4 Å². The topological polar surface area (TPSA) is 77.7 Å². The maximum absolute atomic E-state index is 9.62. The quantitative estimate of drug-likeness (QED) is 0.576. The Hall–Kier alpha value is -3.86. The number of hydrogen-bond donors (Lipinski definition) is 3. The summed E-state index contributed by atoms with van der Waals surface area (Å²) >= 11 is 0. The number of pyridine rings is 1. The normalized spacial score (nSPS) is 14.3. The highest BCUT2D eigenvalue weighted by molar-refractivity contribution is 5.93. The van der Waals surface area contributed by atoms with Gasteiger partial charge in [-0.2, -0.15) is 0 Å². The van der Waals surface area contributed by atoms with Gasteiger partial charge in [-0.05, 0) is 63.7 Å². The van der Waals surface area contributed by atoms with Gasteiger partial charge in [-0.3, -0.25) is 9.98 Å². The summed E-state index contributed by atoms with van der Waals surface area (Å²) < 4.78 is 0. The van der Waals surface area contributed by atoms with Gasteiger partial charge in [-0.15, -0.1) is 0 Å². The molecule has 3 aromatic rings. The number of nitrogens with one attached hydrogen (secondary N) is 1. The summed E-state index contributed by atoms with van der Waals surface area (Å²) in [4.78, 5) is 8.48. The van der Waals surface area contributed by atoms with Gasteiger partial charge in [0.1, 0.15) is 0 Å². The second-order valence-electron chi connectivity index (χ2n) is 6.80. The van der Waals surface area contributed by atoms with Crippen LogP contribution in [0.3, 0.4) is 0 Å². The lowest BCUT2D eigenvalue weighted by molar-refractivity contribution is 0.403. The van der Waals surface area contributed by atoms with Gasteiger partial charge in [-0.25, -0.2) is 0 Å². The third kappa shape index (κ3) is 4.52. The van der Waals surface area contributed by atoms with Gasteiger partial charge in [-0.1, -0.05) is 30.4 Å². The van der Waals surface area contributed by atoms with Crippen LogP contribution in [0.5, 0.6) is 11.5 Å². The SMILES string of the molecule is Oc1ccc(CNC=C2CN=Cc3ccc(C=Cc4ccncc4)cc32)cc1O. The van der Waals surface area contributed by atoms with Crippen LogP contribution >= 0.6 is 0 Å². The van der Waals surface area contributed by atoms with Crippen LogP contribution in [0.1, 0.15) is 27.8 Å². The van der Waals surface area contributed by atoms with Crippen molar-refractivity contribution in [2.24, 2.45) is 4.99 Å². The minimum atomic E-state index is -0.116. The number of phenolic OH excluding ortho intramolecular Hbond substituents is 2. The molecule has 5 nitrogen and oxygen atoms in total. The number of aromatic hydroxyl groups is 2. The fraction of sp³-hybridized carbons (Fsp3) is 0.0833. The largest absolute Gasteiger partial charge is 0.504 e. The van der Waals surface area contributed by atoms with Gasteiger partial charge in [0.05, 0.1) is 6.54 Å². The summed E-state index contributed by atoms with van der Waals surface area (Å²) in [6.45, 7) is 1.15. The highest BCUT2D eigenvalue weighted by Gasteiger charge is 2.11. The third-order valence-corrected chi connectivity index (χ3v) is 4.71. The maximum Gasteiger partial charge on any atom is 0.157 e. The fourth-order valence-corrected chi connectivity index (χ4v) is 3.16. The van der Waals surface area contributed by atoms with Crippen molar-refractivity contribution >= 4 is 23.9 Å². The molecule has 4 rings (SSSR count). The molecule has 0 spiro atoms. The van der Waals surface area contributed by atoms with Crippen LogP contribution in [0, 0.1) is 0 Å². The van der Waals surface area contributed by atoms with Gasteiger partial charge in [0.15, 0.2) is 11.5 Å². The second kappa shape index (κ2) is 8.44. The van der Waals surface area contributed by atoms with Crippen LogP contribution in [0.15, 0.2) is 72.1 Å². The summed E-state index contributed by atoms with van der Waals surface area (Å²) in [6.07, 6.45) is 11.6. The van der Waals surface area contributed by atoms with E-state index in [0.29, 0.717) is 13.1 Å². The average molecular weight is 383 g/mol. The molecule has 0 unspecified atom stereocenters. The number of fused-ring (bicyclic) bond motifs is 1. The molecule has 0 saturated heterocycles. The Bertz CT molecular complexity index is 1100. The molecule has 2 aromatic carbocycles. The van der Waals surface area contributed by atoms with E-state index in [4.69, 9.17) is 0 Å². The van der Waals surface area contributed by atoms with Gasteiger partial charge >= 0.3 is 0 Å². The molecule has 0 amide bonds. The Morgan fingerprint density at radius 2 is 1.72 bits per heavy atom. The number of aliphatic imine (C=N–C) groups is 1. The first-order valence-corrected chi connectivity index (χ1v) is 9.35. The number of benzene rings is 2. The van der Waals surface area contributed by atoms with E-state index < -0.39 is 0 Å². The summed E-state index contributed by atoms with van der Waals surface area (Å²) in [5.41, 5.74) is 6.44. The van der Waals surface area contributed by atoms with Crippen molar-refractivity contribution in [1.82, 2.24) is 10.3 Å². The molecule has 3 N–H and O–H groups in total. The Morgan fingerprint density at radius 1 is 0.897 bits per heavy atom.